The highest BCUT2D eigenvalue weighted by molar-refractivity contribution is 7.13. The molecule has 17 heavy (non-hydrogen) atoms. The summed E-state index contributed by atoms with van der Waals surface area (Å²) in [5.74, 6) is -0.601. The maximum absolute atomic E-state index is 11.5. The van der Waals surface area contributed by atoms with E-state index in [0.29, 0.717) is 5.13 Å². The third-order valence-electron chi connectivity index (χ3n) is 2.12. The Balaban J connectivity index is 2.31. The number of nitrogens with zero attached hydrogens (tertiary/aromatic N) is 1. The highest BCUT2D eigenvalue weighted by Gasteiger charge is 2.17. The van der Waals surface area contributed by atoms with Crippen LogP contribution in [0.25, 0.3) is 0 Å². The number of hydrogen-bond acceptors (Lipinski definition) is 5. The van der Waals surface area contributed by atoms with E-state index in [-0.39, 0.29) is 24.3 Å². The van der Waals surface area contributed by atoms with Gasteiger partial charge in [-0.05, 0) is 5.92 Å². The molecule has 94 valence electrons. The zero-order chi connectivity index (χ0) is 12.8. The van der Waals surface area contributed by atoms with E-state index in [0.717, 1.165) is 0 Å². The van der Waals surface area contributed by atoms with Crippen LogP contribution in [-0.2, 0) is 9.59 Å². The van der Waals surface area contributed by atoms with Crippen molar-refractivity contribution in [2.24, 2.45) is 11.7 Å². The molecule has 0 aromatic carbocycles. The van der Waals surface area contributed by atoms with Gasteiger partial charge in [-0.15, -0.1) is 11.3 Å². The number of nitrogens with two attached hydrogens (primary N) is 1. The molecule has 1 atom stereocenters. The second kappa shape index (κ2) is 6.31. The van der Waals surface area contributed by atoms with E-state index >= 15 is 0 Å². The molecule has 4 N–H and O–H groups in total. The normalized spacial score (nSPS) is 12.2. The fourth-order valence-corrected chi connectivity index (χ4v) is 1.58. The molecular weight excluding hydrogens is 240 g/mol. The molecule has 1 heterocycles. The minimum absolute atomic E-state index is 0.0389. The van der Waals surface area contributed by atoms with Crippen molar-refractivity contribution in [2.75, 3.05) is 11.9 Å². The summed E-state index contributed by atoms with van der Waals surface area (Å²) in [6, 6.07) is -0.595. The van der Waals surface area contributed by atoms with Crippen LogP contribution in [0.4, 0.5) is 5.13 Å². The Morgan fingerprint density at radius 3 is 2.76 bits per heavy atom. The summed E-state index contributed by atoms with van der Waals surface area (Å²) in [5.41, 5.74) is 5.63. The van der Waals surface area contributed by atoms with Gasteiger partial charge < -0.3 is 16.4 Å². The first-order chi connectivity index (χ1) is 8.00. The van der Waals surface area contributed by atoms with Crippen molar-refractivity contribution < 1.29 is 9.59 Å². The number of hydrogen-bond donors (Lipinski definition) is 3. The lowest BCUT2D eigenvalue weighted by molar-refractivity contribution is -0.125. The van der Waals surface area contributed by atoms with Crippen molar-refractivity contribution in [3.05, 3.63) is 11.6 Å². The van der Waals surface area contributed by atoms with E-state index in [1.807, 2.05) is 13.8 Å². The Bertz CT molecular complexity index is 378. The minimum Gasteiger partial charge on any atom is -0.346 e. The molecule has 0 radical (unpaired) electrons. The molecule has 0 aliphatic heterocycles. The van der Waals surface area contributed by atoms with Gasteiger partial charge in [0.1, 0.15) is 0 Å². The molecule has 7 heteroatoms. The first kappa shape index (κ1) is 13.6. The molecule has 0 spiro atoms. The largest absolute Gasteiger partial charge is 0.346 e. The number of amides is 2. The number of rotatable bonds is 5. The average molecular weight is 256 g/mol. The first-order valence-corrected chi connectivity index (χ1v) is 6.11. The van der Waals surface area contributed by atoms with Gasteiger partial charge in [0.2, 0.25) is 11.8 Å². The third kappa shape index (κ3) is 4.49. The molecule has 1 aromatic rings. The quantitative estimate of drug-likeness (QED) is 0.700. The Hall–Kier alpha value is -1.47. The lowest BCUT2D eigenvalue weighted by Gasteiger charge is -2.14. The van der Waals surface area contributed by atoms with Crippen LogP contribution in [0, 0.1) is 5.92 Å². The number of thiazole rings is 1. The van der Waals surface area contributed by atoms with Crippen LogP contribution in [0.15, 0.2) is 11.6 Å². The van der Waals surface area contributed by atoms with Gasteiger partial charge >= 0.3 is 0 Å². The maximum atomic E-state index is 11.5. The summed E-state index contributed by atoms with van der Waals surface area (Å²) in [6.07, 6.45) is 1.59. The summed E-state index contributed by atoms with van der Waals surface area (Å²) in [5, 5.41) is 7.30. The number of anilines is 1. The molecule has 0 aliphatic rings. The molecule has 6 nitrogen and oxygen atoms in total. The predicted molar refractivity (Wildman–Crippen MR) is 66.6 cm³/mol. The van der Waals surface area contributed by atoms with E-state index in [9.17, 15) is 9.59 Å². The van der Waals surface area contributed by atoms with Gasteiger partial charge in [0.15, 0.2) is 5.13 Å². The second-order valence-electron chi connectivity index (χ2n) is 3.87. The highest BCUT2D eigenvalue weighted by Crippen LogP contribution is 2.09. The van der Waals surface area contributed by atoms with Crippen molar-refractivity contribution >= 4 is 28.3 Å². The molecule has 0 fully saturated rings. The fourth-order valence-electron chi connectivity index (χ4n) is 1.04. The van der Waals surface area contributed by atoms with Gasteiger partial charge in [-0.25, -0.2) is 4.98 Å². The van der Waals surface area contributed by atoms with Crippen LogP contribution in [0.1, 0.15) is 13.8 Å². The molecule has 0 unspecified atom stereocenters. The maximum Gasteiger partial charge on any atom is 0.245 e. The molecule has 1 aromatic heterocycles. The predicted octanol–water partition coefficient (Wildman–Crippen LogP) is 0.181. The molecule has 0 aliphatic carbocycles. The Kier molecular flexibility index (Phi) is 5.05. The van der Waals surface area contributed by atoms with Crippen molar-refractivity contribution in [2.45, 2.75) is 19.9 Å². The highest BCUT2D eigenvalue weighted by atomic mass is 32.1. The molecular formula is C10H16N4O2S. The van der Waals surface area contributed by atoms with E-state index in [1.165, 1.54) is 11.3 Å². The Morgan fingerprint density at radius 2 is 2.24 bits per heavy atom. The summed E-state index contributed by atoms with van der Waals surface area (Å²) in [7, 11) is 0. The van der Waals surface area contributed by atoms with Crippen LogP contribution in [0.5, 0.6) is 0 Å². The minimum atomic E-state index is -0.595. The van der Waals surface area contributed by atoms with Gasteiger partial charge in [0.05, 0.1) is 12.6 Å². The summed E-state index contributed by atoms with van der Waals surface area (Å²) in [4.78, 5) is 26.8. The summed E-state index contributed by atoms with van der Waals surface area (Å²) >= 11 is 1.32. The monoisotopic (exact) mass is 256 g/mol. The fraction of sp³-hybridized carbons (Fsp3) is 0.500. The SMILES string of the molecule is CC(C)[C@H](N)C(=O)NCC(=O)Nc1nccs1. The molecule has 0 bridgehead atoms. The zero-order valence-electron chi connectivity index (χ0n) is 9.77. The summed E-state index contributed by atoms with van der Waals surface area (Å²) < 4.78 is 0. The lowest BCUT2D eigenvalue weighted by Crippen LogP contribution is -2.46. The van der Waals surface area contributed by atoms with Crippen molar-refractivity contribution in [3.8, 4) is 0 Å². The van der Waals surface area contributed by atoms with Gasteiger partial charge in [-0.1, -0.05) is 13.8 Å². The molecule has 0 saturated carbocycles. The topological polar surface area (TPSA) is 97.1 Å². The zero-order valence-corrected chi connectivity index (χ0v) is 10.6. The summed E-state index contributed by atoms with van der Waals surface area (Å²) in [6.45, 7) is 3.60. The van der Waals surface area contributed by atoms with Gasteiger partial charge in [0, 0.05) is 11.6 Å². The van der Waals surface area contributed by atoms with Crippen molar-refractivity contribution in [3.63, 3.8) is 0 Å². The number of carbonyl (C=O) groups is 2. The van der Waals surface area contributed by atoms with Crippen LogP contribution in [0.3, 0.4) is 0 Å². The number of nitrogens with one attached hydrogen (secondary N) is 2. The molecule has 1 rings (SSSR count). The Morgan fingerprint density at radius 1 is 1.53 bits per heavy atom. The second-order valence-corrected chi connectivity index (χ2v) is 4.77. The van der Waals surface area contributed by atoms with Crippen LogP contribution < -0.4 is 16.4 Å². The van der Waals surface area contributed by atoms with Gasteiger partial charge in [-0.2, -0.15) is 0 Å². The van der Waals surface area contributed by atoms with E-state index in [4.69, 9.17) is 5.73 Å². The number of aromatic nitrogens is 1. The van der Waals surface area contributed by atoms with E-state index in [2.05, 4.69) is 15.6 Å². The standard InChI is InChI=1S/C10H16N4O2S/c1-6(2)8(11)9(16)13-5-7(15)14-10-12-3-4-17-10/h3-4,6,8H,5,11H2,1-2H3,(H,13,16)(H,12,14,15)/t8-/m0/s1. The average Bonchev–Trinajstić information content (AvgIpc) is 2.77. The Labute approximate surface area is 104 Å². The van der Waals surface area contributed by atoms with Gasteiger partial charge in [-0.3, -0.25) is 9.59 Å². The van der Waals surface area contributed by atoms with Gasteiger partial charge in [0.25, 0.3) is 0 Å². The van der Waals surface area contributed by atoms with E-state index in [1.54, 1.807) is 11.6 Å². The van der Waals surface area contributed by atoms with Crippen LogP contribution in [0.2, 0.25) is 0 Å². The van der Waals surface area contributed by atoms with Crippen LogP contribution in [-0.4, -0.2) is 29.4 Å². The third-order valence-corrected chi connectivity index (χ3v) is 2.81. The van der Waals surface area contributed by atoms with Crippen molar-refractivity contribution in [1.29, 1.82) is 0 Å². The van der Waals surface area contributed by atoms with Crippen LogP contribution >= 0.6 is 11.3 Å². The lowest BCUT2D eigenvalue weighted by atomic mass is 10.1. The first-order valence-electron chi connectivity index (χ1n) is 5.23. The number of carbonyl (C=O) groups excluding carboxylic acids is 2. The molecule has 2 amide bonds. The van der Waals surface area contributed by atoms with E-state index < -0.39 is 6.04 Å². The smallest absolute Gasteiger partial charge is 0.245 e. The molecule has 0 saturated heterocycles. The van der Waals surface area contributed by atoms with Crippen molar-refractivity contribution in [1.82, 2.24) is 10.3 Å².